The molecule has 0 fully saturated rings. The first-order chi connectivity index (χ1) is 17.0. The maximum Gasteiger partial charge on any atom is 0.338 e. The van der Waals surface area contributed by atoms with Crippen LogP contribution in [-0.4, -0.2) is 31.2 Å². The molecule has 35 heavy (non-hydrogen) atoms. The van der Waals surface area contributed by atoms with Gasteiger partial charge in [0.2, 0.25) is 0 Å². The number of hydrogen-bond donors (Lipinski definition) is 0. The highest BCUT2D eigenvalue weighted by atomic mass is 16.6. The van der Waals surface area contributed by atoms with E-state index in [0.29, 0.717) is 25.4 Å². The van der Waals surface area contributed by atoms with Crippen molar-refractivity contribution in [2.24, 2.45) is 0 Å². The standard InChI is InChI=1S/C27H29NO7/c1-3-25(35-26-15-14-21(27(29)32-2)19-24(26)28(30)31)20-10-9-13-23(18-20)34-17-8-7-16-33-22-11-5-4-6-12-22/h4-6,9-15,18-19,25H,3,7-8,16-17H2,1-2H3. The highest BCUT2D eigenvalue weighted by molar-refractivity contribution is 5.90. The van der Waals surface area contributed by atoms with E-state index < -0.39 is 17.0 Å². The van der Waals surface area contributed by atoms with Crippen LogP contribution in [0, 0.1) is 10.1 Å². The lowest BCUT2D eigenvalue weighted by Crippen LogP contribution is -2.09. The number of nitrogens with zero attached hydrogens (tertiary/aromatic N) is 1. The summed E-state index contributed by atoms with van der Waals surface area (Å²) in [6.07, 6.45) is 1.85. The van der Waals surface area contributed by atoms with Crippen molar-refractivity contribution in [3.05, 3.63) is 94.0 Å². The summed E-state index contributed by atoms with van der Waals surface area (Å²) in [4.78, 5) is 22.7. The van der Waals surface area contributed by atoms with Crippen molar-refractivity contribution in [2.75, 3.05) is 20.3 Å². The third-order valence-corrected chi connectivity index (χ3v) is 5.27. The molecule has 0 saturated heterocycles. The Morgan fingerprint density at radius 2 is 1.60 bits per heavy atom. The number of esters is 1. The fourth-order valence-corrected chi connectivity index (χ4v) is 3.45. The van der Waals surface area contributed by atoms with Gasteiger partial charge in [0.25, 0.3) is 0 Å². The fraction of sp³-hybridized carbons (Fsp3) is 0.296. The quantitative estimate of drug-likeness (QED) is 0.125. The number of nitro groups is 1. The van der Waals surface area contributed by atoms with Crippen LogP contribution in [0.25, 0.3) is 0 Å². The average molecular weight is 480 g/mol. The molecule has 0 N–H and O–H groups in total. The van der Waals surface area contributed by atoms with E-state index in [1.807, 2.05) is 61.5 Å². The Labute approximate surface area is 204 Å². The van der Waals surface area contributed by atoms with Gasteiger partial charge in [-0.05, 0) is 61.2 Å². The number of hydrogen-bond acceptors (Lipinski definition) is 7. The molecule has 0 aliphatic carbocycles. The zero-order valence-electron chi connectivity index (χ0n) is 19.8. The van der Waals surface area contributed by atoms with Gasteiger partial charge in [0.1, 0.15) is 17.6 Å². The molecule has 184 valence electrons. The smallest absolute Gasteiger partial charge is 0.338 e. The van der Waals surface area contributed by atoms with Gasteiger partial charge in [-0.15, -0.1) is 0 Å². The van der Waals surface area contributed by atoms with Gasteiger partial charge in [-0.1, -0.05) is 37.3 Å². The number of carbonyl (C=O) groups excluding carboxylic acids is 1. The number of para-hydroxylation sites is 1. The van der Waals surface area contributed by atoms with Crippen molar-refractivity contribution in [3.63, 3.8) is 0 Å². The van der Waals surface area contributed by atoms with Gasteiger partial charge in [0, 0.05) is 6.07 Å². The summed E-state index contributed by atoms with van der Waals surface area (Å²) in [5, 5.41) is 11.6. The third kappa shape index (κ3) is 7.46. The molecule has 8 nitrogen and oxygen atoms in total. The summed E-state index contributed by atoms with van der Waals surface area (Å²) in [7, 11) is 1.22. The lowest BCUT2D eigenvalue weighted by Gasteiger charge is -2.19. The monoisotopic (exact) mass is 479 g/mol. The van der Waals surface area contributed by atoms with Crippen LogP contribution in [-0.2, 0) is 4.74 Å². The largest absolute Gasteiger partial charge is 0.494 e. The first kappa shape index (κ1) is 25.6. The van der Waals surface area contributed by atoms with Crippen LogP contribution in [0.5, 0.6) is 17.2 Å². The van der Waals surface area contributed by atoms with Gasteiger partial charge in [-0.2, -0.15) is 0 Å². The number of nitro benzene ring substituents is 1. The maximum absolute atomic E-state index is 11.7. The molecule has 1 unspecified atom stereocenters. The second-order valence-corrected chi connectivity index (χ2v) is 7.74. The van der Waals surface area contributed by atoms with Crippen molar-refractivity contribution >= 4 is 11.7 Å². The first-order valence-corrected chi connectivity index (χ1v) is 11.5. The third-order valence-electron chi connectivity index (χ3n) is 5.27. The first-order valence-electron chi connectivity index (χ1n) is 11.5. The molecule has 0 heterocycles. The predicted molar refractivity (Wildman–Crippen MR) is 131 cm³/mol. The number of carbonyl (C=O) groups is 1. The van der Waals surface area contributed by atoms with Gasteiger partial charge < -0.3 is 18.9 Å². The molecule has 8 heteroatoms. The Morgan fingerprint density at radius 3 is 2.26 bits per heavy atom. The number of rotatable bonds is 13. The molecule has 0 saturated carbocycles. The molecular weight excluding hydrogens is 450 g/mol. The van der Waals surface area contributed by atoms with E-state index in [1.165, 1.54) is 19.2 Å². The van der Waals surface area contributed by atoms with E-state index in [4.69, 9.17) is 14.2 Å². The number of benzene rings is 3. The van der Waals surface area contributed by atoms with Crippen LogP contribution in [0.4, 0.5) is 5.69 Å². The zero-order valence-corrected chi connectivity index (χ0v) is 19.8. The van der Waals surface area contributed by atoms with Gasteiger partial charge in [0.15, 0.2) is 5.75 Å². The minimum atomic E-state index is -0.650. The number of ether oxygens (including phenoxy) is 4. The predicted octanol–water partition coefficient (Wildman–Crippen LogP) is 6.15. The molecule has 1 atom stereocenters. The molecule has 0 amide bonds. The Hall–Kier alpha value is -4.07. The van der Waals surface area contributed by atoms with Crippen molar-refractivity contribution in [1.82, 2.24) is 0 Å². The van der Waals surface area contributed by atoms with E-state index in [0.717, 1.165) is 30.2 Å². The molecule has 3 aromatic carbocycles. The number of methoxy groups -OCH3 is 1. The van der Waals surface area contributed by atoms with Crippen molar-refractivity contribution in [2.45, 2.75) is 32.3 Å². The molecule has 3 aromatic rings. The summed E-state index contributed by atoms with van der Waals surface area (Å²) in [5.74, 6) is 0.985. The second-order valence-electron chi connectivity index (χ2n) is 7.74. The Kier molecular flexibility index (Phi) is 9.48. The molecule has 0 aliphatic rings. The summed E-state index contributed by atoms with van der Waals surface area (Å²) < 4.78 is 22.2. The maximum atomic E-state index is 11.7. The molecule has 0 aliphatic heterocycles. The summed E-state index contributed by atoms with van der Waals surface area (Å²) in [6, 6.07) is 21.2. The van der Waals surface area contributed by atoms with Crippen LogP contribution >= 0.6 is 0 Å². The Morgan fingerprint density at radius 1 is 0.914 bits per heavy atom. The van der Waals surface area contributed by atoms with Crippen LogP contribution in [0.1, 0.15) is 48.2 Å². The summed E-state index contributed by atoms with van der Waals surface area (Å²) >= 11 is 0. The molecule has 0 spiro atoms. The lowest BCUT2D eigenvalue weighted by molar-refractivity contribution is -0.386. The zero-order chi connectivity index (χ0) is 25.0. The average Bonchev–Trinajstić information content (AvgIpc) is 2.89. The Balaban J connectivity index is 1.58. The molecule has 0 radical (unpaired) electrons. The summed E-state index contributed by atoms with van der Waals surface area (Å²) in [6.45, 7) is 3.09. The van der Waals surface area contributed by atoms with Crippen molar-refractivity contribution in [1.29, 1.82) is 0 Å². The van der Waals surface area contributed by atoms with Crippen LogP contribution in [0.2, 0.25) is 0 Å². The van der Waals surface area contributed by atoms with Gasteiger partial charge in [-0.25, -0.2) is 4.79 Å². The minimum Gasteiger partial charge on any atom is -0.494 e. The van der Waals surface area contributed by atoms with E-state index >= 15 is 0 Å². The van der Waals surface area contributed by atoms with Crippen molar-refractivity contribution < 1.29 is 28.7 Å². The molecule has 0 bridgehead atoms. The lowest BCUT2D eigenvalue weighted by atomic mass is 10.1. The SMILES string of the molecule is CCC(Oc1ccc(C(=O)OC)cc1[N+](=O)[O-])c1cccc(OCCCCOc2ccccc2)c1. The van der Waals surface area contributed by atoms with Crippen LogP contribution < -0.4 is 14.2 Å². The van der Waals surface area contributed by atoms with Crippen LogP contribution in [0.3, 0.4) is 0 Å². The van der Waals surface area contributed by atoms with Crippen molar-refractivity contribution in [3.8, 4) is 17.2 Å². The van der Waals surface area contributed by atoms with E-state index in [-0.39, 0.29) is 17.0 Å². The van der Waals surface area contributed by atoms with E-state index in [1.54, 1.807) is 0 Å². The normalized spacial score (nSPS) is 11.4. The van der Waals surface area contributed by atoms with Gasteiger partial charge >= 0.3 is 11.7 Å². The van der Waals surface area contributed by atoms with Gasteiger partial charge in [0.05, 0.1) is 30.8 Å². The second kappa shape index (κ2) is 13.0. The molecule has 0 aromatic heterocycles. The number of unbranched alkanes of at least 4 members (excludes halogenated alkanes) is 1. The highest BCUT2D eigenvalue weighted by Gasteiger charge is 2.22. The highest BCUT2D eigenvalue weighted by Crippen LogP contribution is 2.34. The van der Waals surface area contributed by atoms with E-state index in [2.05, 4.69) is 4.74 Å². The van der Waals surface area contributed by atoms with Gasteiger partial charge in [-0.3, -0.25) is 10.1 Å². The van der Waals surface area contributed by atoms with Crippen LogP contribution in [0.15, 0.2) is 72.8 Å². The fourth-order valence-electron chi connectivity index (χ4n) is 3.45. The van der Waals surface area contributed by atoms with E-state index in [9.17, 15) is 14.9 Å². The summed E-state index contributed by atoms with van der Waals surface area (Å²) in [5.41, 5.74) is 0.629. The molecular formula is C27H29NO7. The minimum absolute atomic E-state index is 0.0826. The molecule has 3 rings (SSSR count). The Bertz CT molecular complexity index is 1120. The topological polar surface area (TPSA) is 97.1 Å².